The number of pyridine rings is 1. The van der Waals surface area contributed by atoms with Crippen LogP contribution in [0.3, 0.4) is 0 Å². The Labute approximate surface area is 144 Å². The van der Waals surface area contributed by atoms with Crippen LogP contribution in [0.1, 0.15) is 32.3 Å². The van der Waals surface area contributed by atoms with Gasteiger partial charge in [-0.05, 0) is 38.5 Å². The van der Waals surface area contributed by atoms with Crippen molar-refractivity contribution in [2.24, 2.45) is 4.99 Å². The van der Waals surface area contributed by atoms with Gasteiger partial charge in [-0.25, -0.2) is 9.98 Å². The van der Waals surface area contributed by atoms with Gasteiger partial charge >= 0.3 is 0 Å². The van der Waals surface area contributed by atoms with Crippen LogP contribution in [0.15, 0.2) is 23.3 Å². The molecule has 0 aliphatic carbocycles. The molecule has 0 radical (unpaired) electrons. The summed E-state index contributed by atoms with van der Waals surface area (Å²) in [7, 11) is 4.02. The molecule has 1 atom stereocenters. The summed E-state index contributed by atoms with van der Waals surface area (Å²) in [5.41, 5.74) is 1.14. The van der Waals surface area contributed by atoms with E-state index in [4.69, 9.17) is 4.99 Å². The molecule has 2 N–H and O–H groups in total. The van der Waals surface area contributed by atoms with Crippen LogP contribution >= 0.6 is 11.8 Å². The summed E-state index contributed by atoms with van der Waals surface area (Å²) in [5.74, 6) is 3.13. The van der Waals surface area contributed by atoms with E-state index in [2.05, 4.69) is 47.3 Å². The molecule has 1 aliphatic heterocycles. The molecular weight excluding hydrogens is 306 g/mol. The first-order valence-corrected chi connectivity index (χ1v) is 9.30. The fourth-order valence-electron chi connectivity index (χ4n) is 2.71. The molecule has 5 nitrogen and oxygen atoms in total. The smallest absolute Gasteiger partial charge is 0.191 e. The average molecular weight is 336 g/mol. The minimum absolute atomic E-state index is 0.333. The van der Waals surface area contributed by atoms with Gasteiger partial charge in [0.2, 0.25) is 0 Å². The van der Waals surface area contributed by atoms with E-state index in [1.54, 1.807) is 0 Å². The molecule has 128 valence electrons. The summed E-state index contributed by atoms with van der Waals surface area (Å²) < 4.78 is 0.333. The van der Waals surface area contributed by atoms with E-state index >= 15 is 0 Å². The maximum atomic E-state index is 4.74. The molecule has 1 aromatic rings. The highest BCUT2D eigenvalue weighted by molar-refractivity contribution is 8.00. The van der Waals surface area contributed by atoms with Gasteiger partial charge in [0, 0.05) is 43.7 Å². The predicted octanol–water partition coefficient (Wildman–Crippen LogP) is 2.49. The molecule has 1 aliphatic rings. The van der Waals surface area contributed by atoms with Crippen molar-refractivity contribution in [2.75, 3.05) is 37.8 Å². The van der Waals surface area contributed by atoms with Crippen molar-refractivity contribution in [3.63, 3.8) is 0 Å². The summed E-state index contributed by atoms with van der Waals surface area (Å²) in [5, 5.41) is 6.84. The Balaban J connectivity index is 2.01. The second kappa shape index (κ2) is 8.43. The Bertz CT molecular complexity index is 523. The zero-order chi connectivity index (χ0) is 16.7. The minimum Gasteiger partial charge on any atom is -0.362 e. The number of anilines is 1. The normalized spacial score (nSPS) is 21.3. The van der Waals surface area contributed by atoms with Crippen LogP contribution in [0.25, 0.3) is 0 Å². The van der Waals surface area contributed by atoms with Gasteiger partial charge in [-0.2, -0.15) is 11.8 Å². The van der Waals surface area contributed by atoms with Crippen molar-refractivity contribution in [2.45, 2.75) is 38.0 Å². The summed E-state index contributed by atoms with van der Waals surface area (Å²) in [6, 6.07) is 4.05. The third kappa shape index (κ3) is 5.30. The molecule has 1 fully saturated rings. The van der Waals surface area contributed by atoms with Crippen LogP contribution in [0, 0.1) is 0 Å². The minimum atomic E-state index is 0.333. The summed E-state index contributed by atoms with van der Waals surface area (Å²) >= 11 is 2.06. The highest BCUT2D eigenvalue weighted by atomic mass is 32.2. The molecule has 0 spiro atoms. The van der Waals surface area contributed by atoms with Crippen molar-refractivity contribution in [1.29, 1.82) is 0 Å². The highest BCUT2D eigenvalue weighted by Gasteiger charge is 2.29. The number of thioether (sulfide) groups is 1. The number of aromatic nitrogens is 1. The van der Waals surface area contributed by atoms with Crippen LogP contribution in [0.2, 0.25) is 0 Å². The van der Waals surface area contributed by atoms with E-state index in [0.717, 1.165) is 30.4 Å². The fourth-order valence-corrected chi connectivity index (χ4v) is 3.95. The Kier molecular flexibility index (Phi) is 6.57. The van der Waals surface area contributed by atoms with Crippen LogP contribution in [0.5, 0.6) is 0 Å². The molecule has 0 aromatic carbocycles. The maximum absolute atomic E-state index is 4.74. The van der Waals surface area contributed by atoms with Gasteiger partial charge in [0.05, 0.1) is 6.54 Å². The lowest BCUT2D eigenvalue weighted by atomic mass is 10.1. The van der Waals surface area contributed by atoms with Crippen LogP contribution in [-0.4, -0.2) is 48.6 Å². The molecule has 1 aromatic heterocycles. The van der Waals surface area contributed by atoms with Gasteiger partial charge in [0.15, 0.2) is 5.96 Å². The van der Waals surface area contributed by atoms with E-state index in [1.165, 1.54) is 18.6 Å². The maximum Gasteiger partial charge on any atom is 0.191 e. The van der Waals surface area contributed by atoms with Gasteiger partial charge in [-0.15, -0.1) is 0 Å². The Hall–Kier alpha value is -1.43. The van der Waals surface area contributed by atoms with E-state index in [9.17, 15) is 0 Å². The fraction of sp³-hybridized carbons (Fsp3) is 0.647. The van der Waals surface area contributed by atoms with Crippen molar-refractivity contribution in [3.05, 3.63) is 23.9 Å². The Morgan fingerprint density at radius 1 is 1.43 bits per heavy atom. The van der Waals surface area contributed by atoms with Gasteiger partial charge in [-0.1, -0.05) is 6.07 Å². The number of aliphatic imine (C=N–C) groups is 1. The molecular formula is C17H29N5S. The third-order valence-electron chi connectivity index (χ3n) is 3.97. The monoisotopic (exact) mass is 335 g/mol. The average Bonchev–Trinajstić information content (AvgIpc) is 2.97. The van der Waals surface area contributed by atoms with E-state index in [-0.39, 0.29) is 0 Å². The van der Waals surface area contributed by atoms with Crippen molar-refractivity contribution < 1.29 is 0 Å². The first kappa shape index (κ1) is 17.9. The second-order valence-electron chi connectivity index (χ2n) is 6.33. The Morgan fingerprint density at radius 3 is 2.91 bits per heavy atom. The number of nitrogens with one attached hydrogen (secondary N) is 2. The molecule has 1 unspecified atom stereocenters. The number of guanidine groups is 1. The lowest BCUT2D eigenvalue weighted by Gasteiger charge is -2.24. The largest absolute Gasteiger partial charge is 0.362 e. The molecule has 1 saturated heterocycles. The Morgan fingerprint density at radius 2 is 2.26 bits per heavy atom. The lowest BCUT2D eigenvalue weighted by molar-refractivity contribution is 0.584. The van der Waals surface area contributed by atoms with Crippen LogP contribution in [0.4, 0.5) is 5.82 Å². The summed E-state index contributed by atoms with van der Waals surface area (Å²) in [4.78, 5) is 11.2. The van der Waals surface area contributed by atoms with Crippen LogP contribution in [-0.2, 0) is 6.54 Å². The third-order valence-corrected chi connectivity index (χ3v) is 5.51. The standard InChI is InChI=1S/C17H29N5S/c1-5-18-16(21-13-17(2)9-7-11-23-17)20-12-14-8-6-10-19-15(14)22(3)4/h6,8,10H,5,7,9,11-13H2,1-4H3,(H2,18,20,21). The molecule has 0 saturated carbocycles. The van der Waals surface area contributed by atoms with E-state index in [1.807, 2.05) is 31.3 Å². The van der Waals surface area contributed by atoms with Gasteiger partial charge < -0.3 is 15.5 Å². The molecule has 6 heteroatoms. The number of nitrogens with zero attached hydrogens (tertiary/aromatic N) is 3. The van der Waals surface area contributed by atoms with E-state index in [0.29, 0.717) is 11.3 Å². The zero-order valence-corrected chi connectivity index (χ0v) is 15.5. The van der Waals surface area contributed by atoms with Gasteiger partial charge in [0.1, 0.15) is 5.82 Å². The topological polar surface area (TPSA) is 52.6 Å². The number of hydrogen-bond acceptors (Lipinski definition) is 4. The molecule has 2 rings (SSSR count). The molecule has 0 bridgehead atoms. The zero-order valence-electron chi connectivity index (χ0n) is 14.7. The van der Waals surface area contributed by atoms with Crippen LogP contribution < -0.4 is 15.5 Å². The van der Waals surface area contributed by atoms with Crippen molar-refractivity contribution in [3.8, 4) is 0 Å². The first-order valence-electron chi connectivity index (χ1n) is 8.31. The number of hydrogen-bond donors (Lipinski definition) is 2. The number of rotatable bonds is 6. The predicted molar refractivity (Wildman–Crippen MR) is 101 cm³/mol. The van der Waals surface area contributed by atoms with Crippen molar-refractivity contribution in [1.82, 2.24) is 15.6 Å². The molecule has 2 heterocycles. The molecule has 23 heavy (non-hydrogen) atoms. The SMILES string of the molecule is CCNC(=NCc1cccnc1N(C)C)NCC1(C)CCCS1. The van der Waals surface area contributed by atoms with Crippen molar-refractivity contribution >= 4 is 23.5 Å². The van der Waals surface area contributed by atoms with Gasteiger partial charge in [-0.3, -0.25) is 0 Å². The highest BCUT2D eigenvalue weighted by Crippen LogP contribution is 2.36. The second-order valence-corrected chi connectivity index (χ2v) is 8.01. The summed E-state index contributed by atoms with van der Waals surface area (Å²) in [6.07, 6.45) is 4.42. The van der Waals surface area contributed by atoms with E-state index < -0.39 is 0 Å². The van der Waals surface area contributed by atoms with Gasteiger partial charge in [0.25, 0.3) is 0 Å². The lowest BCUT2D eigenvalue weighted by Crippen LogP contribution is -2.43. The summed E-state index contributed by atoms with van der Waals surface area (Å²) in [6.45, 7) is 6.88. The quantitative estimate of drug-likeness (QED) is 0.618. The first-order chi connectivity index (χ1) is 11.0. The molecule has 0 amide bonds.